The van der Waals surface area contributed by atoms with Crippen molar-refractivity contribution in [1.29, 1.82) is 0 Å². The minimum absolute atomic E-state index is 0.0160. The van der Waals surface area contributed by atoms with Crippen LogP contribution in [0.5, 0.6) is 5.75 Å². The number of hydrogen-bond acceptors (Lipinski definition) is 7. The van der Waals surface area contributed by atoms with Crippen LogP contribution in [-0.2, 0) is 4.79 Å². The minimum atomic E-state index is -0.183. The Morgan fingerprint density at radius 2 is 2.07 bits per heavy atom. The molecule has 1 aliphatic heterocycles. The molecule has 144 valence electrons. The van der Waals surface area contributed by atoms with Crippen molar-refractivity contribution in [3.05, 3.63) is 30.3 Å². The zero-order valence-corrected chi connectivity index (χ0v) is 15.9. The van der Waals surface area contributed by atoms with Crippen LogP contribution in [-0.4, -0.2) is 64.9 Å². The van der Waals surface area contributed by atoms with E-state index in [4.69, 9.17) is 5.73 Å². The fourth-order valence-electron chi connectivity index (χ4n) is 3.59. The van der Waals surface area contributed by atoms with Crippen molar-refractivity contribution in [3.63, 3.8) is 0 Å². The van der Waals surface area contributed by atoms with Gasteiger partial charge in [-0.1, -0.05) is 12.1 Å². The normalized spacial score (nSPS) is 18.9. The average Bonchev–Trinajstić information content (AvgIpc) is 2.67. The van der Waals surface area contributed by atoms with Gasteiger partial charge in [0.15, 0.2) is 5.82 Å². The van der Waals surface area contributed by atoms with Crippen LogP contribution in [0.2, 0.25) is 0 Å². The van der Waals surface area contributed by atoms with Crippen LogP contribution in [0.15, 0.2) is 30.3 Å². The molecule has 27 heavy (non-hydrogen) atoms. The van der Waals surface area contributed by atoms with Gasteiger partial charge >= 0.3 is 0 Å². The first-order chi connectivity index (χ1) is 12.9. The van der Waals surface area contributed by atoms with Crippen molar-refractivity contribution in [2.75, 3.05) is 37.3 Å². The Hall–Kier alpha value is -2.87. The van der Waals surface area contributed by atoms with Gasteiger partial charge in [-0.2, -0.15) is 0 Å². The summed E-state index contributed by atoms with van der Waals surface area (Å²) in [4.78, 5) is 16.3. The van der Waals surface area contributed by atoms with Crippen LogP contribution in [0.1, 0.15) is 13.8 Å². The molecule has 8 heteroatoms. The molecule has 0 radical (unpaired) electrons. The summed E-state index contributed by atoms with van der Waals surface area (Å²) >= 11 is 0. The van der Waals surface area contributed by atoms with Crippen LogP contribution in [0.4, 0.5) is 11.5 Å². The quantitative estimate of drug-likeness (QED) is 0.739. The number of phenolic OH excluding ortho intramolecular Hbond substituents is 1. The van der Waals surface area contributed by atoms with Crippen LogP contribution in [0.25, 0.3) is 11.3 Å². The van der Waals surface area contributed by atoms with Crippen LogP contribution >= 0.6 is 0 Å². The number of para-hydroxylation sites is 1. The summed E-state index contributed by atoms with van der Waals surface area (Å²) in [6.07, 6.45) is 0. The van der Waals surface area contributed by atoms with E-state index in [0.717, 1.165) is 25.3 Å². The molecule has 1 saturated heterocycles. The van der Waals surface area contributed by atoms with E-state index in [1.54, 1.807) is 25.2 Å². The van der Waals surface area contributed by atoms with Crippen molar-refractivity contribution in [3.8, 4) is 17.0 Å². The molecule has 0 saturated carbocycles. The maximum Gasteiger partial charge on any atom is 0.236 e. The molecule has 2 atom stereocenters. The van der Waals surface area contributed by atoms with Gasteiger partial charge < -0.3 is 21.1 Å². The van der Waals surface area contributed by atoms with Crippen molar-refractivity contribution in [1.82, 2.24) is 20.4 Å². The number of aromatic hydroxyl groups is 1. The third kappa shape index (κ3) is 3.80. The summed E-state index contributed by atoms with van der Waals surface area (Å²) in [6.45, 7) is 6.20. The molecular weight excluding hydrogens is 344 g/mol. The fourth-order valence-corrected chi connectivity index (χ4v) is 3.59. The predicted octanol–water partition coefficient (Wildman–Crippen LogP) is 1.08. The Labute approximate surface area is 159 Å². The Bertz CT molecular complexity index is 828. The molecule has 1 unspecified atom stereocenters. The summed E-state index contributed by atoms with van der Waals surface area (Å²) in [7, 11) is 1.66. The van der Waals surface area contributed by atoms with Crippen molar-refractivity contribution >= 4 is 17.4 Å². The molecule has 1 fully saturated rings. The Morgan fingerprint density at radius 3 is 2.74 bits per heavy atom. The van der Waals surface area contributed by atoms with E-state index in [1.807, 2.05) is 19.1 Å². The molecule has 2 heterocycles. The molecule has 2 aromatic rings. The number of nitrogens with two attached hydrogens (primary N) is 1. The van der Waals surface area contributed by atoms with Gasteiger partial charge in [0.2, 0.25) is 5.91 Å². The second kappa shape index (κ2) is 7.79. The fraction of sp³-hybridized carbons (Fsp3) is 0.421. The molecular formula is C19H26N6O2. The highest BCUT2D eigenvalue weighted by Gasteiger charge is 2.31. The molecule has 0 aliphatic carbocycles. The Kier molecular flexibility index (Phi) is 5.46. The number of phenols is 1. The van der Waals surface area contributed by atoms with Crippen molar-refractivity contribution in [2.45, 2.75) is 25.9 Å². The van der Waals surface area contributed by atoms with Gasteiger partial charge in [0.05, 0.1) is 17.4 Å². The number of benzene rings is 1. The molecule has 3 rings (SSSR count). The highest BCUT2D eigenvalue weighted by atomic mass is 16.3. The summed E-state index contributed by atoms with van der Waals surface area (Å²) in [6, 6.07) is 8.87. The number of aromatic nitrogens is 2. The largest absolute Gasteiger partial charge is 0.507 e. The number of amides is 1. The number of carbonyl (C=O) groups is 1. The second-order valence-corrected chi connectivity index (χ2v) is 6.84. The van der Waals surface area contributed by atoms with Gasteiger partial charge in [0.1, 0.15) is 5.75 Å². The lowest BCUT2D eigenvalue weighted by atomic mass is 10.1. The van der Waals surface area contributed by atoms with Gasteiger partial charge in [-0.05, 0) is 32.0 Å². The van der Waals surface area contributed by atoms with Crippen molar-refractivity contribution < 1.29 is 9.90 Å². The number of hydrogen-bond donors (Lipinski definition) is 3. The first kappa shape index (κ1) is 18.9. The maximum atomic E-state index is 12.0. The highest BCUT2D eigenvalue weighted by molar-refractivity contribution is 5.81. The number of nitrogen functional groups attached to an aromatic ring is 1. The molecule has 4 N–H and O–H groups in total. The molecule has 1 aromatic carbocycles. The van der Waals surface area contributed by atoms with E-state index in [9.17, 15) is 9.90 Å². The minimum Gasteiger partial charge on any atom is -0.507 e. The number of rotatable bonds is 4. The molecule has 0 spiro atoms. The molecule has 1 amide bonds. The topological polar surface area (TPSA) is 108 Å². The van der Waals surface area contributed by atoms with Crippen molar-refractivity contribution in [2.24, 2.45) is 0 Å². The number of nitrogens with one attached hydrogen (secondary N) is 1. The maximum absolute atomic E-state index is 12.0. The summed E-state index contributed by atoms with van der Waals surface area (Å²) in [5.41, 5.74) is 8.08. The number of piperazine rings is 1. The monoisotopic (exact) mass is 370 g/mol. The zero-order chi connectivity index (χ0) is 19.6. The molecule has 8 nitrogen and oxygen atoms in total. The second-order valence-electron chi connectivity index (χ2n) is 6.84. The number of likely N-dealkylation sites (N-methyl/N-ethyl adjacent to an activating group) is 1. The van der Waals surface area contributed by atoms with Crippen LogP contribution < -0.4 is 16.0 Å². The van der Waals surface area contributed by atoms with Gasteiger partial charge in [-0.25, -0.2) is 0 Å². The molecule has 1 aromatic heterocycles. The van der Waals surface area contributed by atoms with E-state index in [0.29, 0.717) is 17.1 Å². The lowest BCUT2D eigenvalue weighted by molar-refractivity contribution is -0.126. The first-order valence-electron chi connectivity index (χ1n) is 9.06. The van der Waals surface area contributed by atoms with E-state index in [1.165, 1.54) is 0 Å². The van der Waals surface area contributed by atoms with Crippen LogP contribution in [0, 0.1) is 0 Å². The zero-order valence-electron chi connectivity index (χ0n) is 15.9. The Balaban J connectivity index is 1.83. The predicted molar refractivity (Wildman–Crippen MR) is 105 cm³/mol. The smallest absolute Gasteiger partial charge is 0.236 e. The van der Waals surface area contributed by atoms with E-state index >= 15 is 0 Å². The first-order valence-corrected chi connectivity index (χ1v) is 9.06. The average molecular weight is 370 g/mol. The van der Waals surface area contributed by atoms with Gasteiger partial charge in [-0.3, -0.25) is 9.69 Å². The summed E-state index contributed by atoms with van der Waals surface area (Å²) < 4.78 is 0. The lowest BCUT2D eigenvalue weighted by Gasteiger charge is -2.43. The van der Waals surface area contributed by atoms with Gasteiger partial charge in [-0.15, -0.1) is 10.2 Å². The number of nitrogens with zero attached hydrogens (tertiary/aromatic N) is 4. The third-order valence-electron chi connectivity index (χ3n) is 5.12. The SMILES string of the molecule is CNC(=O)C(C)N1CCN(c2cc(-c3ccccc3O)nnc2N)C[C@H]1C. The standard InChI is InChI=1S/C19H26N6O2/c1-12-11-24(8-9-25(12)13(2)19(27)21-3)16-10-15(22-23-18(16)20)14-6-4-5-7-17(14)26/h4-7,10,12-13,26H,8-9,11H2,1-3H3,(H2,20,23)(H,21,27)/t12-,13?/m1/s1. The summed E-state index contributed by atoms with van der Waals surface area (Å²) in [5, 5.41) is 21.0. The highest BCUT2D eigenvalue weighted by Crippen LogP contribution is 2.32. The third-order valence-corrected chi connectivity index (χ3v) is 5.12. The molecule has 0 bridgehead atoms. The lowest BCUT2D eigenvalue weighted by Crippen LogP contribution is -2.58. The number of carbonyl (C=O) groups excluding carboxylic acids is 1. The van der Waals surface area contributed by atoms with E-state index in [2.05, 4.69) is 32.2 Å². The van der Waals surface area contributed by atoms with Gasteiger partial charge in [0, 0.05) is 38.3 Å². The van der Waals surface area contributed by atoms with E-state index < -0.39 is 0 Å². The van der Waals surface area contributed by atoms with Gasteiger partial charge in [0.25, 0.3) is 0 Å². The Morgan fingerprint density at radius 1 is 1.33 bits per heavy atom. The summed E-state index contributed by atoms with van der Waals surface area (Å²) in [5.74, 6) is 0.525. The van der Waals surface area contributed by atoms with E-state index in [-0.39, 0.29) is 23.7 Å². The molecule has 1 aliphatic rings. The van der Waals surface area contributed by atoms with Crippen LogP contribution in [0.3, 0.4) is 0 Å². The number of anilines is 2.